The summed E-state index contributed by atoms with van der Waals surface area (Å²) in [5, 5.41) is 0.303. The Morgan fingerprint density at radius 3 is 2.70 bits per heavy atom. The highest BCUT2D eigenvalue weighted by atomic mass is 35.5. The van der Waals surface area contributed by atoms with Gasteiger partial charge >= 0.3 is 5.76 Å². The lowest BCUT2D eigenvalue weighted by atomic mass is 10.0. The normalized spacial score (nSPS) is 12.8. The fourth-order valence-corrected chi connectivity index (χ4v) is 2.78. The topological polar surface area (TPSA) is 46.0 Å². The molecule has 3 aromatic rings. The van der Waals surface area contributed by atoms with Gasteiger partial charge in [-0.3, -0.25) is 4.98 Å². The van der Waals surface area contributed by atoms with Crippen molar-refractivity contribution in [2.75, 3.05) is 0 Å². The first-order chi connectivity index (χ1) is 9.52. The smallest absolute Gasteiger partial charge is 0.408 e. The second-order valence-electron chi connectivity index (χ2n) is 4.69. The summed E-state index contributed by atoms with van der Waals surface area (Å²) in [6.45, 7) is 1.97. The zero-order valence-electron chi connectivity index (χ0n) is 10.6. The Kier molecular flexibility index (Phi) is 3.32. The molecule has 0 bridgehead atoms. The molecule has 1 N–H and O–H groups in total. The molecule has 1 unspecified atom stereocenters. The van der Waals surface area contributed by atoms with Crippen LogP contribution in [0.2, 0.25) is 5.02 Å². The number of nitrogens with one attached hydrogen (secondary N) is 1. The number of aromatic amines is 1. The van der Waals surface area contributed by atoms with Gasteiger partial charge in [-0.05, 0) is 47.9 Å². The van der Waals surface area contributed by atoms with Gasteiger partial charge in [0.15, 0.2) is 5.58 Å². The number of aromatic nitrogens is 1. The van der Waals surface area contributed by atoms with E-state index in [9.17, 15) is 4.79 Å². The molecular weight excluding hydrogens is 297 g/mol. The van der Waals surface area contributed by atoms with Crippen molar-refractivity contribution < 1.29 is 4.42 Å². The number of aryl methyl sites for hydroxylation is 1. The minimum absolute atomic E-state index is 0.350. The Bertz CT molecular complexity index is 815. The number of hydrogen-bond donors (Lipinski definition) is 1. The van der Waals surface area contributed by atoms with Crippen LogP contribution in [0.4, 0.5) is 0 Å². The van der Waals surface area contributed by atoms with Crippen LogP contribution in [0.15, 0.2) is 45.6 Å². The lowest BCUT2D eigenvalue weighted by Crippen LogP contribution is -1.94. The maximum atomic E-state index is 11.2. The summed E-state index contributed by atoms with van der Waals surface area (Å²) >= 11 is 12.6. The van der Waals surface area contributed by atoms with Gasteiger partial charge in [0.05, 0.1) is 10.9 Å². The minimum atomic E-state index is -0.470. The zero-order chi connectivity index (χ0) is 14.3. The van der Waals surface area contributed by atoms with E-state index in [1.54, 1.807) is 12.1 Å². The molecular formula is C15H11Cl2NO2. The van der Waals surface area contributed by atoms with Crippen molar-refractivity contribution in [3.05, 3.63) is 68.7 Å². The van der Waals surface area contributed by atoms with E-state index in [1.165, 1.54) is 0 Å². The number of benzene rings is 2. The summed E-state index contributed by atoms with van der Waals surface area (Å²) < 4.78 is 5.05. The number of H-pyrrole nitrogens is 1. The highest BCUT2D eigenvalue weighted by Crippen LogP contribution is 2.32. The fraction of sp³-hybridized carbons (Fsp3) is 0.133. The molecule has 0 spiro atoms. The van der Waals surface area contributed by atoms with Crippen LogP contribution in [0.1, 0.15) is 22.1 Å². The molecule has 0 aliphatic heterocycles. The molecule has 2 aromatic carbocycles. The molecule has 0 amide bonds. The van der Waals surface area contributed by atoms with Crippen LogP contribution in [0.5, 0.6) is 0 Å². The summed E-state index contributed by atoms with van der Waals surface area (Å²) in [6.07, 6.45) is 0. The van der Waals surface area contributed by atoms with E-state index in [-0.39, 0.29) is 5.38 Å². The maximum absolute atomic E-state index is 11.2. The first kappa shape index (κ1) is 13.3. The molecule has 0 aliphatic rings. The second-order valence-corrected chi connectivity index (χ2v) is 5.57. The second kappa shape index (κ2) is 5.00. The third-order valence-corrected chi connectivity index (χ3v) is 3.82. The van der Waals surface area contributed by atoms with Gasteiger partial charge in [0, 0.05) is 5.02 Å². The van der Waals surface area contributed by atoms with Crippen LogP contribution >= 0.6 is 23.2 Å². The highest BCUT2D eigenvalue weighted by molar-refractivity contribution is 6.31. The summed E-state index contributed by atoms with van der Waals surface area (Å²) in [5.41, 5.74) is 3.96. The Balaban J connectivity index is 2.06. The SMILES string of the molecule is Cc1cc(Cl)cc(C(Cl)c2ccc3[nH]c(=O)oc3c2)c1. The van der Waals surface area contributed by atoms with Gasteiger partial charge in [-0.25, -0.2) is 4.79 Å². The Morgan fingerprint density at radius 1 is 1.15 bits per heavy atom. The van der Waals surface area contributed by atoms with Gasteiger partial charge in [0.1, 0.15) is 0 Å². The van der Waals surface area contributed by atoms with E-state index in [2.05, 4.69) is 4.98 Å². The molecule has 3 nitrogen and oxygen atoms in total. The Hall–Kier alpha value is -1.71. The van der Waals surface area contributed by atoms with Crippen molar-refractivity contribution in [3.63, 3.8) is 0 Å². The number of alkyl halides is 1. The van der Waals surface area contributed by atoms with Crippen molar-refractivity contribution >= 4 is 34.3 Å². The summed E-state index contributed by atoms with van der Waals surface area (Å²) in [6, 6.07) is 11.1. The molecule has 102 valence electrons. The van der Waals surface area contributed by atoms with Crippen LogP contribution < -0.4 is 5.76 Å². The van der Waals surface area contributed by atoms with Crippen LogP contribution in [0.25, 0.3) is 11.1 Å². The van der Waals surface area contributed by atoms with Gasteiger partial charge in [0.25, 0.3) is 0 Å². The maximum Gasteiger partial charge on any atom is 0.417 e. The van der Waals surface area contributed by atoms with E-state index >= 15 is 0 Å². The van der Waals surface area contributed by atoms with E-state index in [1.807, 2.05) is 31.2 Å². The van der Waals surface area contributed by atoms with E-state index in [4.69, 9.17) is 27.6 Å². The Morgan fingerprint density at radius 2 is 1.95 bits per heavy atom. The van der Waals surface area contributed by atoms with Crippen molar-refractivity contribution in [2.45, 2.75) is 12.3 Å². The molecule has 0 saturated heterocycles. The van der Waals surface area contributed by atoms with Gasteiger partial charge in [0.2, 0.25) is 0 Å². The average molecular weight is 308 g/mol. The van der Waals surface area contributed by atoms with Crippen molar-refractivity contribution in [2.24, 2.45) is 0 Å². The lowest BCUT2D eigenvalue weighted by molar-refractivity contribution is 0.555. The zero-order valence-corrected chi connectivity index (χ0v) is 12.1. The minimum Gasteiger partial charge on any atom is -0.408 e. The van der Waals surface area contributed by atoms with Gasteiger partial charge in [-0.1, -0.05) is 23.7 Å². The summed E-state index contributed by atoms with van der Waals surface area (Å²) in [5.74, 6) is -0.470. The molecule has 0 aliphatic carbocycles. The molecule has 1 atom stereocenters. The molecule has 1 heterocycles. The van der Waals surface area contributed by atoms with Gasteiger partial charge < -0.3 is 4.42 Å². The average Bonchev–Trinajstić information content (AvgIpc) is 2.75. The van der Waals surface area contributed by atoms with Crippen molar-refractivity contribution in [1.82, 2.24) is 4.98 Å². The van der Waals surface area contributed by atoms with Crippen molar-refractivity contribution in [1.29, 1.82) is 0 Å². The van der Waals surface area contributed by atoms with Crippen molar-refractivity contribution in [3.8, 4) is 0 Å². The summed E-state index contributed by atoms with van der Waals surface area (Å²) in [4.78, 5) is 13.8. The molecule has 5 heteroatoms. The van der Waals surface area contributed by atoms with Gasteiger partial charge in [-0.15, -0.1) is 11.6 Å². The largest absolute Gasteiger partial charge is 0.417 e. The molecule has 1 aromatic heterocycles. The van der Waals surface area contributed by atoms with E-state index in [0.29, 0.717) is 16.1 Å². The van der Waals surface area contributed by atoms with E-state index < -0.39 is 5.76 Å². The highest BCUT2D eigenvalue weighted by Gasteiger charge is 2.13. The molecule has 3 rings (SSSR count). The predicted octanol–water partition coefficient (Wildman–Crippen LogP) is 4.41. The van der Waals surface area contributed by atoms with Crippen LogP contribution in [-0.2, 0) is 0 Å². The first-order valence-electron chi connectivity index (χ1n) is 6.07. The molecule has 20 heavy (non-hydrogen) atoms. The molecule has 0 saturated carbocycles. The van der Waals surface area contributed by atoms with Gasteiger partial charge in [-0.2, -0.15) is 0 Å². The number of rotatable bonds is 2. The quantitative estimate of drug-likeness (QED) is 0.713. The molecule has 0 fully saturated rings. The van der Waals surface area contributed by atoms with Crippen LogP contribution in [0.3, 0.4) is 0 Å². The predicted molar refractivity (Wildman–Crippen MR) is 80.7 cm³/mol. The Labute approximate surface area is 125 Å². The molecule has 0 radical (unpaired) electrons. The lowest BCUT2D eigenvalue weighted by Gasteiger charge is -2.11. The summed E-state index contributed by atoms with van der Waals surface area (Å²) in [7, 11) is 0. The number of halogens is 2. The number of fused-ring (bicyclic) bond motifs is 1. The number of hydrogen-bond acceptors (Lipinski definition) is 2. The third kappa shape index (κ3) is 2.47. The fourth-order valence-electron chi connectivity index (χ4n) is 2.22. The monoisotopic (exact) mass is 307 g/mol. The van der Waals surface area contributed by atoms with E-state index in [0.717, 1.165) is 16.7 Å². The standard InChI is InChI=1S/C15H11Cl2NO2/c1-8-4-10(6-11(16)5-8)14(17)9-2-3-12-13(7-9)20-15(19)18-12/h2-7,14H,1H3,(H,18,19). The van der Waals surface area contributed by atoms with Crippen LogP contribution in [0, 0.1) is 6.92 Å². The third-order valence-electron chi connectivity index (χ3n) is 3.09. The first-order valence-corrected chi connectivity index (χ1v) is 6.88. The number of oxazole rings is 1. The van der Waals surface area contributed by atoms with Crippen LogP contribution in [-0.4, -0.2) is 4.98 Å².